The zero-order chi connectivity index (χ0) is 33.9. The van der Waals surface area contributed by atoms with E-state index in [1.54, 1.807) is 0 Å². The van der Waals surface area contributed by atoms with Gasteiger partial charge < -0.3 is 8.98 Å². The smallest absolute Gasteiger partial charge is 0.182 e. The second-order valence-electron chi connectivity index (χ2n) is 13.0. The Morgan fingerprint density at radius 2 is 1.43 bits per heavy atom. The van der Waals surface area contributed by atoms with Crippen molar-refractivity contribution in [1.82, 2.24) is 24.5 Å². The van der Waals surface area contributed by atoms with Gasteiger partial charge in [-0.2, -0.15) is 0 Å². The van der Waals surface area contributed by atoms with E-state index < -0.39 is 0 Å². The maximum absolute atomic E-state index is 5.95. The number of benzene rings is 4. The summed E-state index contributed by atoms with van der Waals surface area (Å²) in [7, 11) is 0. The van der Waals surface area contributed by atoms with E-state index in [1.165, 1.54) is 17.5 Å². The summed E-state index contributed by atoms with van der Waals surface area (Å²) in [5.41, 5.74) is 14.1. The number of hydrogen-bond acceptors (Lipinski definition) is 5. The Bertz CT molecular complexity index is 2410. The van der Waals surface area contributed by atoms with Crippen molar-refractivity contribution in [3.8, 4) is 39.6 Å². The van der Waals surface area contributed by atoms with Gasteiger partial charge in [0.25, 0.3) is 0 Å². The molecule has 0 fully saturated rings. The topological polar surface area (TPSA) is 69.6 Å². The van der Waals surface area contributed by atoms with Gasteiger partial charge in [-0.3, -0.25) is 0 Å². The number of nitrogens with zero attached hydrogens (tertiary/aromatic N) is 5. The van der Waals surface area contributed by atoms with E-state index in [4.69, 9.17) is 19.4 Å². The fourth-order valence-corrected chi connectivity index (χ4v) is 7.24. The van der Waals surface area contributed by atoms with E-state index in [-0.39, 0.29) is 5.41 Å². The van der Waals surface area contributed by atoms with Crippen LogP contribution in [-0.4, -0.2) is 24.5 Å². The van der Waals surface area contributed by atoms with Crippen molar-refractivity contribution >= 4 is 34.9 Å². The lowest BCUT2D eigenvalue weighted by Gasteiger charge is -2.21. The number of fused-ring (bicyclic) bond motifs is 5. The summed E-state index contributed by atoms with van der Waals surface area (Å²) < 4.78 is 8.21. The quantitative estimate of drug-likeness (QED) is 0.174. The van der Waals surface area contributed by atoms with Crippen molar-refractivity contribution in [2.75, 3.05) is 0 Å². The maximum atomic E-state index is 5.95. The van der Waals surface area contributed by atoms with E-state index in [0.717, 1.165) is 67.1 Å². The van der Waals surface area contributed by atoms with Crippen LogP contribution in [0, 0.1) is 6.92 Å². The molecule has 0 radical (unpaired) electrons. The summed E-state index contributed by atoms with van der Waals surface area (Å²) in [4.78, 5) is 19.2. The third-order valence-electron chi connectivity index (χ3n) is 9.72. The van der Waals surface area contributed by atoms with Crippen LogP contribution in [0.15, 0.2) is 115 Å². The molecule has 6 heteroatoms. The SMILES string of the molecule is C=Cc1c(/C=C(\C)c2nc(-c3ccccc3)nc(-c3ccccc3)n2)c(C)n(-c2ccc3c(c2)-c2c(ccc4ncoc24)C3(C)C)c1C=C. The molecule has 1 aliphatic rings. The predicted octanol–water partition coefficient (Wildman–Crippen LogP) is 10.6. The summed E-state index contributed by atoms with van der Waals surface area (Å²) in [5, 5.41) is 0. The molecule has 3 aromatic heterocycles. The first-order valence-corrected chi connectivity index (χ1v) is 16.4. The minimum Gasteiger partial charge on any atom is -0.443 e. The van der Waals surface area contributed by atoms with Crippen LogP contribution in [0.5, 0.6) is 0 Å². The fraction of sp³-hybridized carbons (Fsp3) is 0.116. The summed E-state index contributed by atoms with van der Waals surface area (Å²) in [6.45, 7) is 17.2. The molecule has 8 rings (SSSR count). The summed E-state index contributed by atoms with van der Waals surface area (Å²) >= 11 is 0. The highest BCUT2D eigenvalue weighted by atomic mass is 16.3. The summed E-state index contributed by atoms with van der Waals surface area (Å²) in [5.74, 6) is 1.87. The average Bonchev–Trinajstić information content (AvgIpc) is 3.79. The number of aromatic nitrogens is 5. The molecule has 1 aliphatic carbocycles. The summed E-state index contributed by atoms with van der Waals surface area (Å²) in [6, 6.07) is 31.0. The molecule has 7 aromatic rings. The first-order chi connectivity index (χ1) is 23.8. The number of hydrogen-bond donors (Lipinski definition) is 0. The molecule has 0 saturated heterocycles. The molecule has 6 nitrogen and oxygen atoms in total. The monoisotopic (exact) mass is 637 g/mol. The predicted molar refractivity (Wildman–Crippen MR) is 200 cm³/mol. The van der Waals surface area contributed by atoms with Gasteiger partial charge in [0.05, 0.1) is 5.69 Å². The van der Waals surface area contributed by atoms with Crippen molar-refractivity contribution in [1.29, 1.82) is 0 Å². The highest BCUT2D eigenvalue weighted by Crippen LogP contribution is 2.52. The van der Waals surface area contributed by atoms with Crippen LogP contribution in [0.25, 0.3) is 74.5 Å². The molecule has 49 heavy (non-hydrogen) atoms. The standard InChI is InChI=1S/C43H35N5O/c1-7-31-32(23-26(3)40-45-41(28-15-11-9-12-16-28)47-42(46-40)29-17-13-10-14-18-29)27(4)48(37(31)8-2)30-19-20-34-33(24-30)38-35(43(34,5)6)21-22-36-39(38)49-25-44-36/h7-25H,1-2H2,3-6H3/b26-23+. The van der Waals surface area contributed by atoms with Crippen LogP contribution in [0.4, 0.5) is 0 Å². The van der Waals surface area contributed by atoms with E-state index in [0.29, 0.717) is 17.5 Å². The van der Waals surface area contributed by atoms with E-state index in [1.807, 2.05) is 85.8 Å². The normalized spacial score (nSPS) is 13.3. The van der Waals surface area contributed by atoms with Gasteiger partial charge in [0.1, 0.15) is 5.52 Å². The largest absolute Gasteiger partial charge is 0.443 e. The number of allylic oxidation sites excluding steroid dienone is 1. The Labute approximate surface area is 285 Å². The number of oxazole rings is 1. The highest BCUT2D eigenvalue weighted by molar-refractivity contribution is 5.98. The van der Waals surface area contributed by atoms with E-state index in [9.17, 15) is 0 Å². The Morgan fingerprint density at radius 1 is 0.776 bits per heavy atom. The molecule has 4 aromatic carbocycles. The first kappa shape index (κ1) is 30.2. The molecule has 0 spiro atoms. The fourth-order valence-electron chi connectivity index (χ4n) is 7.24. The van der Waals surface area contributed by atoms with Crippen molar-refractivity contribution in [2.45, 2.75) is 33.1 Å². The average molecular weight is 638 g/mol. The molecular formula is C43H35N5O. The minimum absolute atomic E-state index is 0.170. The van der Waals surface area contributed by atoms with Crippen LogP contribution >= 0.6 is 0 Å². The van der Waals surface area contributed by atoms with Gasteiger partial charge in [-0.15, -0.1) is 0 Å². The van der Waals surface area contributed by atoms with E-state index >= 15 is 0 Å². The van der Waals surface area contributed by atoms with Crippen LogP contribution in [-0.2, 0) is 5.41 Å². The van der Waals surface area contributed by atoms with Crippen LogP contribution in [0.3, 0.4) is 0 Å². The number of rotatable bonds is 7. The Morgan fingerprint density at radius 3 is 2.06 bits per heavy atom. The third-order valence-corrected chi connectivity index (χ3v) is 9.72. The maximum Gasteiger partial charge on any atom is 0.182 e. The van der Waals surface area contributed by atoms with Gasteiger partial charge in [0.15, 0.2) is 29.4 Å². The van der Waals surface area contributed by atoms with Crippen molar-refractivity contribution in [3.63, 3.8) is 0 Å². The Balaban J connectivity index is 1.29. The van der Waals surface area contributed by atoms with Crippen LogP contribution in [0.2, 0.25) is 0 Å². The van der Waals surface area contributed by atoms with Crippen molar-refractivity contribution in [3.05, 3.63) is 150 Å². The highest BCUT2D eigenvalue weighted by Gasteiger charge is 2.38. The zero-order valence-corrected chi connectivity index (χ0v) is 28.0. The Kier molecular flexibility index (Phi) is 7.11. The lowest BCUT2D eigenvalue weighted by atomic mass is 9.82. The van der Waals surface area contributed by atoms with Gasteiger partial charge in [0.2, 0.25) is 0 Å². The molecule has 0 unspecified atom stereocenters. The molecule has 0 aliphatic heterocycles. The van der Waals surface area contributed by atoms with Gasteiger partial charge in [-0.25, -0.2) is 19.9 Å². The van der Waals surface area contributed by atoms with Gasteiger partial charge in [-0.05, 0) is 66.5 Å². The zero-order valence-electron chi connectivity index (χ0n) is 28.0. The summed E-state index contributed by atoms with van der Waals surface area (Å²) in [6.07, 6.45) is 7.49. The van der Waals surface area contributed by atoms with Gasteiger partial charge in [0, 0.05) is 44.6 Å². The molecule has 0 N–H and O–H groups in total. The lowest BCUT2D eigenvalue weighted by Crippen LogP contribution is -2.15. The Hall–Kier alpha value is -6.14. The lowest BCUT2D eigenvalue weighted by molar-refractivity contribution is 0.601. The van der Waals surface area contributed by atoms with Crippen LogP contribution < -0.4 is 0 Å². The van der Waals surface area contributed by atoms with Crippen LogP contribution in [0.1, 0.15) is 60.2 Å². The molecule has 0 amide bonds. The molecule has 0 saturated carbocycles. The molecule has 0 atom stereocenters. The van der Waals surface area contributed by atoms with Crippen molar-refractivity contribution < 1.29 is 4.42 Å². The second kappa shape index (κ2) is 11.5. The van der Waals surface area contributed by atoms with E-state index in [2.05, 4.69) is 73.8 Å². The van der Waals surface area contributed by atoms with Gasteiger partial charge >= 0.3 is 0 Å². The van der Waals surface area contributed by atoms with Gasteiger partial charge in [-0.1, -0.05) is 106 Å². The molecule has 0 bridgehead atoms. The third kappa shape index (κ3) is 4.79. The molecule has 238 valence electrons. The first-order valence-electron chi connectivity index (χ1n) is 16.4. The molecular weight excluding hydrogens is 603 g/mol. The molecule has 3 heterocycles. The van der Waals surface area contributed by atoms with Crippen molar-refractivity contribution in [2.24, 2.45) is 0 Å². The minimum atomic E-state index is -0.170. The second-order valence-corrected chi connectivity index (χ2v) is 13.0.